The van der Waals surface area contributed by atoms with Crippen molar-refractivity contribution in [2.45, 2.75) is 134 Å². The third kappa shape index (κ3) is 5.53. The molecule has 0 radical (unpaired) electrons. The average molecular weight is 627 g/mol. The van der Waals surface area contributed by atoms with E-state index < -0.39 is 78.0 Å². The van der Waals surface area contributed by atoms with Crippen LogP contribution in [0.3, 0.4) is 0 Å². The Bertz CT molecular complexity index is 1020. The van der Waals surface area contributed by atoms with Crippen LogP contribution in [0.2, 0.25) is 0 Å². The number of methoxy groups -OCH3 is 2. The first kappa shape index (κ1) is 34.7. The lowest BCUT2D eigenvalue weighted by molar-refractivity contribution is -0.321. The van der Waals surface area contributed by atoms with E-state index in [1.165, 1.54) is 14.2 Å². The molecule has 1 saturated heterocycles. The predicted molar refractivity (Wildman–Crippen MR) is 162 cm³/mol. The van der Waals surface area contributed by atoms with Crippen molar-refractivity contribution in [3.63, 3.8) is 0 Å². The van der Waals surface area contributed by atoms with Gasteiger partial charge in [-0.3, -0.25) is 0 Å². The van der Waals surface area contributed by atoms with Crippen LogP contribution in [0.15, 0.2) is 12.2 Å². The third-order valence-corrected chi connectivity index (χ3v) is 13.0. The lowest BCUT2D eigenvalue weighted by atomic mass is 9.41. The van der Waals surface area contributed by atoms with Crippen LogP contribution < -0.4 is 0 Å². The summed E-state index contributed by atoms with van der Waals surface area (Å²) >= 11 is 0. The summed E-state index contributed by atoms with van der Waals surface area (Å²) in [4.78, 5) is 0. The Morgan fingerprint density at radius 2 is 1.55 bits per heavy atom. The highest BCUT2D eigenvalue weighted by Crippen LogP contribution is 2.69. The van der Waals surface area contributed by atoms with Gasteiger partial charge in [0.05, 0.1) is 42.7 Å². The van der Waals surface area contributed by atoms with Gasteiger partial charge in [0.2, 0.25) is 0 Å². The third-order valence-electron chi connectivity index (χ3n) is 13.0. The van der Waals surface area contributed by atoms with Gasteiger partial charge in [-0.2, -0.15) is 0 Å². The van der Waals surface area contributed by atoms with E-state index in [2.05, 4.69) is 26.8 Å². The number of fused-ring (bicyclic) bond motifs is 5. The topological polar surface area (TPSA) is 158 Å². The molecule has 1 aliphatic heterocycles. The molecular formula is C34H58O10. The summed E-state index contributed by atoms with van der Waals surface area (Å²) in [6.45, 7) is 10.5. The smallest absolute Gasteiger partial charge is 0.186 e. The van der Waals surface area contributed by atoms with Crippen LogP contribution in [0.5, 0.6) is 0 Å². The molecule has 0 bridgehead atoms. The second kappa shape index (κ2) is 12.7. The van der Waals surface area contributed by atoms with Crippen molar-refractivity contribution in [2.24, 2.45) is 46.3 Å². The van der Waals surface area contributed by atoms with Crippen LogP contribution in [0, 0.1) is 46.3 Å². The molecule has 10 nitrogen and oxygen atoms in total. The fourth-order valence-corrected chi connectivity index (χ4v) is 10.7. The minimum atomic E-state index is -1.28. The number of rotatable bonds is 8. The van der Waals surface area contributed by atoms with Gasteiger partial charge >= 0.3 is 0 Å². The summed E-state index contributed by atoms with van der Waals surface area (Å²) in [5.74, 6) is -0.803. The van der Waals surface area contributed by atoms with E-state index in [-0.39, 0.29) is 42.1 Å². The average Bonchev–Trinajstić information content (AvgIpc) is 3.24. The monoisotopic (exact) mass is 626 g/mol. The van der Waals surface area contributed by atoms with Crippen molar-refractivity contribution in [3.05, 3.63) is 12.2 Å². The molecule has 17 atom stereocenters. The Hall–Kier alpha value is -0.660. The van der Waals surface area contributed by atoms with Gasteiger partial charge in [0.1, 0.15) is 18.3 Å². The van der Waals surface area contributed by atoms with E-state index in [1.54, 1.807) is 0 Å². The van der Waals surface area contributed by atoms with E-state index in [4.69, 9.17) is 18.9 Å². The standard InChI is InChI=1S/C34H58O10/c1-17(2)20(35)9-8-18(3)19-14-21(36)30-32(19,4)13-11-25-33(5)12-10-23(27(38)26(33)22(37)15-34(25,30)40)44-31-29(42-7)28(39)24(41-6)16-43-31/h8-9,17-31,35-40H,10-16H2,1-7H3/b9-8+/t18-,19-,20+,21+,22-,23+,24-,25-,26+,27+,28+,29-,30-,31+,32-,33-,34+/m1/s1. The Kier molecular flexibility index (Phi) is 10.0. The van der Waals surface area contributed by atoms with E-state index in [9.17, 15) is 30.6 Å². The van der Waals surface area contributed by atoms with Gasteiger partial charge in [-0.25, -0.2) is 0 Å². The number of aliphatic hydroxyl groups is 6. The molecule has 0 aromatic heterocycles. The molecule has 0 unspecified atom stereocenters. The number of aliphatic hydroxyl groups excluding tert-OH is 5. The molecular weight excluding hydrogens is 568 g/mol. The van der Waals surface area contributed by atoms with Crippen LogP contribution in [0.4, 0.5) is 0 Å². The molecule has 0 aromatic carbocycles. The van der Waals surface area contributed by atoms with E-state index in [0.717, 1.165) is 12.8 Å². The zero-order chi connectivity index (χ0) is 32.4. The summed E-state index contributed by atoms with van der Waals surface area (Å²) in [5, 5.41) is 68.8. The van der Waals surface area contributed by atoms with Gasteiger partial charge in [0.25, 0.3) is 0 Å². The molecule has 6 N–H and O–H groups in total. The quantitative estimate of drug-likeness (QED) is 0.174. The van der Waals surface area contributed by atoms with Crippen molar-refractivity contribution >= 4 is 0 Å². The maximum absolute atomic E-state index is 12.7. The molecule has 5 aliphatic rings. The molecule has 1 heterocycles. The second-order valence-electron chi connectivity index (χ2n) is 15.6. The first-order chi connectivity index (χ1) is 20.6. The molecule has 4 saturated carbocycles. The Morgan fingerprint density at radius 3 is 2.18 bits per heavy atom. The van der Waals surface area contributed by atoms with E-state index in [0.29, 0.717) is 19.3 Å². The van der Waals surface area contributed by atoms with Crippen molar-refractivity contribution < 1.29 is 49.6 Å². The Labute approximate surface area is 262 Å². The highest BCUT2D eigenvalue weighted by Gasteiger charge is 2.72. The predicted octanol–water partition coefficient (Wildman–Crippen LogP) is 2.01. The molecule has 0 amide bonds. The highest BCUT2D eigenvalue weighted by molar-refractivity contribution is 5.21. The fourth-order valence-electron chi connectivity index (χ4n) is 10.7. The van der Waals surface area contributed by atoms with Crippen LogP contribution >= 0.6 is 0 Å². The zero-order valence-corrected chi connectivity index (χ0v) is 27.6. The number of allylic oxidation sites excluding steroid dienone is 1. The zero-order valence-electron chi connectivity index (χ0n) is 27.6. The van der Waals surface area contributed by atoms with Crippen molar-refractivity contribution in [1.82, 2.24) is 0 Å². The van der Waals surface area contributed by atoms with Crippen LogP contribution in [0.25, 0.3) is 0 Å². The summed E-state index contributed by atoms with van der Waals surface area (Å²) in [5.41, 5.74) is -2.20. The molecule has 4 aliphatic carbocycles. The lowest BCUT2D eigenvalue weighted by Crippen LogP contribution is -2.71. The minimum absolute atomic E-state index is 0.0802. The largest absolute Gasteiger partial charge is 0.393 e. The summed E-state index contributed by atoms with van der Waals surface area (Å²) in [6.07, 6.45) is 0.134. The second-order valence-corrected chi connectivity index (χ2v) is 15.6. The van der Waals surface area contributed by atoms with Gasteiger partial charge in [0.15, 0.2) is 6.29 Å². The van der Waals surface area contributed by atoms with Crippen LogP contribution in [-0.4, -0.2) is 112 Å². The summed E-state index contributed by atoms with van der Waals surface area (Å²) < 4.78 is 22.9. The molecule has 0 aromatic rings. The molecule has 254 valence electrons. The van der Waals surface area contributed by atoms with E-state index in [1.807, 2.05) is 19.9 Å². The number of ether oxygens (including phenoxy) is 4. The Balaban J connectivity index is 1.35. The van der Waals surface area contributed by atoms with Gasteiger partial charge < -0.3 is 49.6 Å². The summed E-state index contributed by atoms with van der Waals surface area (Å²) in [7, 11) is 2.97. The maximum atomic E-state index is 12.7. The fraction of sp³-hybridized carbons (Fsp3) is 0.941. The number of hydrogen-bond acceptors (Lipinski definition) is 10. The number of hydrogen-bond donors (Lipinski definition) is 6. The van der Waals surface area contributed by atoms with Crippen molar-refractivity contribution in [2.75, 3.05) is 20.8 Å². The molecule has 5 rings (SSSR count). The van der Waals surface area contributed by atoms with Gasteiger partial charge in [-0.1, -0.05) is 46.8 Å². The highest BCUT2D eigenvalue weighted by atomic mass is 16.7. The van der Waals surface area contributed by atoms with E-state index >= 15 is 0 Å². The molecule has 5 fully saturated rings. The van der Waals surface area contributed by atoms with Crippen molar-refractivity contribution in [3.8, 4) is 0 Å². The minimum Gasteiger partial charge on any atom is -0.393 e. The van der Waals surface area contributed by atoms with Gasteiger partial charge in [-0.05, 0) is 66.6 Å². The van der Waals surface area contributed by atoms with Gasteiger partial charge in [-0.15, -0.1) is 0 Å². The lowest BCUT2D eigenvalue weighted by Gasteiger charge is -2.66. The molecule has 10 heteroatoms. The first-order valence-electron chi connectivity index (χ1n) is 16.8. The summed E-state index contributed by atoms with van der Waals surface area (Å²) in [6, 6.07) is 0. The van der Waals surface area contributed by atoms with Crippen molar-refractivity contribution in [1.29, 1.82) is 0 Å². The van der Waals surface area contributed by atoms with Crippen LogP contribution in [0.1, 0.15) is 73.1 Å². The molecule has 44 heavy (non-hydrogen) atoms. The van der Waals surface area contributed by atoms with Gasteiger partial charge in [0, 0.05) is 32.5 Å². The normalized spacial score (nSPS) is 52.4. The Morgan fingerprint density at radius 1 is 0.864 bits per heavy atom. The molecule has 0 spiro atoms. The maximum Gasteiger partial charge on any atom is 0.186 e. The SMILES string of the molecule is CO[C@H]1[C@H](O[C@H]2CC[C@@]3(C)[C@H]([C@H]2O)[C@H](O)C[C@]2(O)[C@@H]3CC[C@]3(C)[C@@H]([C@H](C)/C=C/[C@H](O)C(C)C)C[C@H](O)[C@H]32)OC[C@@H](OC)[C@@H]1O. The first-order valence-corrected chi connectivity index (χ1v) is 16.8. The van der Waals surface area contributed by atoms with Crippen LogP contribution in [-0.2, 0) is 18.9 Å².